The monoisotopic (exact) mass is 262 g/mol. The van der Waals surface area contributed by atoms with Crippen LogP contribution in [0.4, 0.5) is 0 Å². The number of hydrogen-bond acceptors (Lipinski definition) is 4. The van der Waals surface area contributed by atoms with Gasteiger partial charge in [0.05, 0.1) is 5.25 Å². The molecule has 0 aliphatic rings. The van der Waals surface area contributed by atoms with Crippen LogP contribution in [0, 0.1) is 0 Å². The number of nitrogens with two attached hydrogens (primary N) is 1. The van der Waals surface area contributed by atoms with Crippen molar-refractivity contribution in [3.8, 4) is 0 Å². The highest BCUT2D eigenvalue weighted by atomic mass is 32.2. The summed E-state index contributed by atoms with van der Waals surface area (Å²) in [5.41, 5.74) is 5.28. The Bertz CT molecular complexity index is 243. The second-order valence-electron chi connectivity index (χ2n) is 4.52. The Kier molecular flexibility index (Phi) is 7.22. The third kappa shape index (κ3) is 7.23. The van der Waals surface area contributed by atoms with E-state index in [1.807, 2.05) is 27.7 Å². The van der Waals surface area contributed by atoms with Crippen LogP contribution in [-0.2, 0) is 9.59 Å². The molecule has 1 amide bonds. The van der Waals surface area contributed by atoms with Gasteiger partial charge in [0, 0.05) is 6.04 Å². The highest BCUT2D eigenvalue weighted by Gasteiger charge is 2.27. The molecule has 4 N–H and O–H groups in total. The molecule has 0 aliphatic heterocycles. The molecule has 0 aliphatic carbocycles. The van der Waals surface area contributed by atoms with Crippen LogP contribution in [0.15, 0.2) is 0 Å². The number of carboxylic acid groups (broad SMARTS) is 1. The van der Waals surface area contributed by atoms with Crippen molar-refractivity contribution in [3.63, 3.8) is 0 Å². The molecule has 17 heavy (non-hydrogen) atoms. The van der Waals surface area contributed by atoms with Gasteiger partial charge in [0.2, 0.25) is 5.91 Å². The number of carboxylic acids is 1. The number of carbonyl (C=O) groups is 2. The molecule has 0 bridgehead atoms. The van der Waals surface area contributed by atoms with E-state index >= 15 is 0 Å². The molecule has 5 nitrogen and oxygen atoms in total. The van der Waals surface area contributed by atoms with Crippen LogP contribution in [0.3, 0.4) is 0 Å². The number of primary amides is 1. The van der Waals surface area contributed by atoms with Crippen LogP contribution in [-0.4, -0.2) is 39.6 Å². The molecular weight excluding hydrogens is 240 g/mol. The van der Waals surface area contributed by atoms with Gasteiger partial charge in [-0.05, 0) is 11.7 Å². The standard InChI is InChI=1S/C11H22N2O3S/c1-6(2)13-8(11(15)16)5-9(10(12)14)17-7(3)4/h6-9,13H,5H2,1-4H3,(H2,12,14)(H,15,16). The second-order valence-corrected chi connectivity index (χ2v) is 6.31. The third-order valence-electron chi connectivity index (χ3n) is 2.04. The number of hydrogen-bond donors (Lipinski definition) is 3. The minimum absolute atomic E-state index is 0.0497. The third-order valence-corrected chi connectivity index (χ3v) is 3.33. The summed E-state index contributed by atoms with van der Waals surface area (Å²) in [6, 6.07) is -0.688. The molecule has 0 aromatic rings. The largest absolute Gasteiger partial charge is 0.480 e. The van der Waals surface area contributed by atoms with Crippen molar-refractivity contribution in [2.45, 2.75) is 56.7 Å². The minimum atomic E-state index is -0.950. The molecule has 100 valence electrons. The average molecular weight is 262 g/mol. The minimum Gasteiger partial charge on any atom is -0.480 e. The molecule has 0 radical (unpaired) electrons. The first-order valence-corrected chi connectivity index (χ1v) is 6.62. The van der Waals surface area contributed by atoms with Gasteiger partial charge in [-0.25, -0.2) is 0 Å². The number of rotatable bonds is 8. The van der Waals surface area contributed by atoms with Gasteiger partial charge < -0.3 is 16.2 Å². The van der Waals surface area contributed by atoms with Crippen molar-refractivity contribution >= 4 is 23.6 Å². The van der Waals surface area contributed by atoms with Gasteiger partial charge in [0.25, 0.3) is 0 Å². The van der Waals surface area contributed by atoms with E-state index in [1.165, 1.54) is 11.8 Å². The zero-order chi connectivity index (χ0) is 13.6. The molecule has 0 heterocycles. The Morgan fingerprint density at radius 1 is 1.29 bits per heavy atom. The average Bonchev–Trinajstić information content (AvgIpc) is 2.13. The number of aliphatic carboxylic acids is 1. The van der Waals surface area contributed by atoms with E-state index < -0.39 is 23.2 Å². The first-order chi connectivity index (χ1) is 7.73. The van der Waals surface area contributed by atoms with Crippen LogP contribution < -0.4 is 11.1 Å². The Morgan fingerprint density at radius 3 is 2.12 bits per heavy atom. The molecule has 0 aromatic heterocycles. The molecule has 0 saturated carbocycles. The van der Waals surface area contributed by atoms with Crippen LogP contribution in [0.1, 0.15) is 34.1 Å². The van der Waals surface area contributed by atoms with Gasteiger partial charge in [0.1, 0.15) is 6.04 Å². The van der Waals surface area contributed by atoms with E-state index in [2.05, 4.69) is 5.32 Å². The van der Waals surface area contributed by atoms with Gasteiger partial charge in [-0.15, -0.1) is 11.8 Å². The molecule has 6 heteroatoms. The lowest BCUT2D eigenvalue weighted by Gasteiger charge is -2.22. The summed E-state index contributed by atoms with van der Waals surface area (Å²) in [5, 5.41) is 11.7. The van der Waals surface area contributed by atoms with Gasteiger partial charge >= 0.3 is 5.97 Å². The Hall–Kier alpha value is -0.750. The number of nitrogens with one attached hydrogen (secondary N) is 1. The fraction of sp³-hybridized carbons (Fsp3) is 0.818. The van der Waals surface area contributed by atoms with E-state index in [0.717, 1.165) is 0 Å². The van der Waals surface area contributed by atoms with Crippen LogP contribution in [0.2, 0.25) is 0 Å². The van der Waals surface area contributed by atoms with Gasteiger partial charge in [0.15, 0.2) is 0 Å². The van der Waals surface area contributed by atoms with Crippen molar-refractivity contribution in [1.82, 2.24) is 5.32 Å². The quantitative estimate of drug-likeness (QED) is 0.602. The summed E-state index contributed by atoms with van der Waals surface area (Å²) in [6.07, 6.45) is 0.214. The van der Waals surface area contributed by atoms with E-state index in [9.17, 15) is 9.59 Å². The zero-order valence-electron chi connectivity index (χ0n) is 10.8. The van der Waals surface area contributed by atoms with E-state index in [-0.39, 0.29) is 17.7 Å². The molecular formula is C11H22N2O3S. The fourth-order valence-electron chi connectivity index (χ4n) is 1.42. The molecule has 0 fully saturated rings. The lowest BCUT2D eigenvalue weighted by molar-refractivity contribution is -0.139. The van der Waals surface area contributed by atoms with Gasteiger partial charge in [-0.3, -0.25) is 9.59 Å². The van der Waals surface area contributed by atoms with Crippen molar-refractivity contribution in [3.05, 3.63) is 0 Å². The smallest absolute Gasteiger partial charge is 0.320 e. The maximum absolute atomic E-state index is 11.3. The first kappa shape index (κ1) is 16.2. The number of carbonyl (C=O) groups excluding carboxylic acids is 1. The van der Waals surface area contributed by atoms with Crippen LogP contribution in [0.25, 0.3) is 0 Å². The van der Waals surface area contributed by atoms with Crippen LogP contribution in [0.5, 0.6) is 0 Å². The van der Waals surface area contributed by atoms with E-state index in [1.54, 1.807) is 0 Å². The highest BCUT2D eigenvalue weighted by molar-refractivity contribution is 8.01. The topological polar surface area (TPSA) is 92.4 Å². The van der Waals surface area contributed by atoms with Crippen molar-refractivity contribution in [2.24, 2.45) is 5.73 Å². The summed E-state index contributed by atoms with van der Waals surface area (Å²) in [5.74, 6) is -1.41. The molecule has 2 atom stereocenters. The molecule has 2 unspecified atom stereocenters. The van der Waals surface area contributed by atoms with E-state index in [4.69, 9.17) is 10.8 Å². The maximum atomic E-state index is 11.3. The lowest BCUT2D eigenvalue weighted by Crippen LogP contribution is -2.44. The molecule has 0 spiro atoms. The lowest BCUT2D eigenvalue weighted by atomic mass is 10.1. The Labute approximate surface area is 107 Å². The summed E-state index contributed by atoms with van der Waals surface area (Å²) in [6.45, 7) is 7.63. The first-order valence-electron chi connectivity index (χ1n) is 5.67. The Balaban J connectivity index is 4.56. The second kappa shape index (κ2) is 7.55. The SMILES string of the molecule is CC(C)NC(CC(SC(C)C)C(N)=O)C(=O)O. The maximum Gasteiger partial charge on any atom is 0.320 e. The summed E-state index contributed by atoms with van der Waals surface area (Å²) in [4.78, 5) is 22.3. The highest BCUT2D eigenvalue weighted by Crippen LogP contribution is 2.21. The van der Waals surface area contributed by atoms with Gasteiger partial charge in [-0.1, -0.05) is 27.7 Å². The molecule has 0 saturated heterocycles. The summed E-state index contributed by atoms with van der Waals surface area (Å²) >= 11 is 1.40. The Morgan fingerprint density at radius 2 is 1.82 bits per heavy atom. The van der Waals surface area contributed by atoms with Crippen molar-refractivity contribution in [2.75, 3.05) is 0 Å². The molecule has 0 aromatic carbocycles. The van der Waals surface area contributed by atoms with Crippen LogP contribution >= 0.6 is 11.8 Å². The zero-order valence-corrected chi connectivity index (χ0v) is 11.6. The molecule has 0 rings (SSSR count). The fourth-order valence-corrected chi connectivity index (χ4v) is 2.52. The van der Waals surface area contributed by atoms with Crippen molar-refractivity contribution in [1.29, 1.82) is 0 Å². The van der Waals surface area contributed by atoms with E-state index in [0.29, 0.717) is 0 Å². The number of amides is 1. The normalized spacial score (nSPS) is 14.9. The van der Waals surface area contributed by atoms with Gasteiger partial charge in [-0.2, -0.15) is 0 Å². The van der Waals surface area contributed by atoms with Crippen molar-refractivity contribution < 1.29 is 14.7 Å². The summed E-state index contributed by atoms with van der Waals surface area (Å²) < 4.78 is 0. The summed E-state index contributed by atoms with van der Waals surface area (Å²) in [7, 11) is 0. The predicted octanol–water partition coefficient (Wildman–Crippen LogP) is 0.823. The number of thioether (sulfide) groups is 1. The predicted molar refractivity (Wildman–Crippen MR) is 70.0 cm³/mol.